The van der Waals surface area contributed by atoms with Gasteiger partial charge in [-0.05, 0) is 34.1 Å². The highest BCUT2D eigenvalue weighted by Crippen LogP contribution is 2.24. The maximum Gasteiger partial charge on any atom is 0.0900 e. The first-order chi connectivity index (χ1) is 7.54. The summed E-state index contributed by atoms with van der Waals surface area (Å²) in [5.41, 5.74) is 1.15. The molecule has 1 rings (SSSR count). The molecule has 0 saturated heterocycles. The van der Waals surface area contributed by atoms with Crippen molar-refractivity contribution in [3.8, 4) is 0 Å². The average Bonchev–Trinajstić information content (AvgIpc) is 2.54. The van der Waals surface area contributed by atoms with Gasteiger partial charge in [0, 0.05) is 30.7 Å². The third-order valence-electron chi connectivity index (χ3n) is 2.62. The molecule has 16 heavy (non-hydrogen) atoms. The van der Waals surface area contributed by atoms with Crippen molar-refractivity contribution in [2.45, 2.75) is 46.2 Å². The van der Waals surface area contributed by atoms with E-state index in [1.807, 2.05) is 0 Å². The fourth-order valence-electron chi connectivity index (χ4n) is 1.83. The van der Waals surface area contributed by atoms with Crippen LogP contribution in [0.3, 0.4) is 0 Å². The number of methoxy groups -OCH3 is 1. The van der Waals surface area contributed by atoms with Gasteiger partial charge in [-0.2, -0.15) is 0 Å². The van der Waals surface area contributed by atoms with Gasteiger partial charge in [0.05, 0.1) is 10.7 Å². The lowest BCUT2D eigenvalue weighted by Gasteiger charge is -2.19. The standard InChI is InChI=1S/C12H22N2OS/c1-8(6-7-15-5)13-9(2)12-10(3)14-11(4)16-12/h8-9,13H,6-7H2,1-5H3. The first-order valence-electron chi connectivity index (χ1n) is 5.73. The van der Waals surface area contributed by atoms with Crippen LogP contribution >= 0.6 is 11.3 Å². The molecule has 0 fully saturated rings. The molecule has 3 nitrogen and oxygen atoms in total. The van der Waals surface area contributed by atoms with Gasteiger partial charge in [-0.15, -0.1) is 11.3 Å². The van der Waals surface area contributed by atoms with E-state index in [1.54, 1.807) is 18.4 Å². The predicted molar refractivity (Wildman–Crippen MR) is 69.1 cm³/mol. The van der Waals surface area contributed by atoms with Crippen molar-refractivity contribution in [2.24, 2.45) is 0 Å². The van der Waals surface area contributed by atoms with Crippen LogP contribution in [0.15, 0.2) is 0 Å². The summed E-state index contributed by atoms with van der Waals surface area (Å²) in [5, 5.41) is 4.72. The SMILES string of the molecule is COCCC(C)NC(C)c1sc(C)nc1C. The van der Waals surface area contributed by atoms with E-state index < -0.39 is 0 Å². The number of thiazole rings is 1. The summed E-state index contributed by atoms with van der Waals surface area (Å²) in [5.74, 6) is 0. The predicted octanol–water partition coefficient (Wildman–Crippen LogP) is 2.84. The number of hydrogen-bond acceptors (Lipinski definition) is 4. The van der Waals surface area contributed by atoms with E-state index >= 15 is 0 Å². The minimum Gasteiger partial charge on any atom is -0.385 e. The molecule has 0 radical (unpaired) electrons. The van der Waals surface area contributed by atoms with Crippen molar-refractivity contribution < 1.29 is 4.74 Å². The number of nitrogens with zero attached hydrogens (tertiary/aromatic N) is 1. The van der Waals surface area contributed by atoms with E-state index in [0.717, 1.165) is 23.7 Å². The lowest BCUT2D eigenvalue weighted by Crippen LogP contribution is -2.29. The van der Waals surface area contributed by atoms with Crippen LogP contribution in [0.25, 0.3) is 0 Å². The zero-order valence-corrected chi connectivity index (χ0v) is 11.6. The van der Waals surface area contributed by atoms with Crippen LogP contribution in [0.2, 0.25) is 0 Å². The summed E-state index contributed by atoms with van der Waals surface area (Å²) in [6.45, 7) is 9.34. The van der Waals surface area contributed by atoms with Crippen LogP contribution < -0.4 is 5.32 Å². The minimum absolute atomic E-state index is 0.373. The van der Waals surface area contributed by atoms with Gasteiger partial charge in [0.15, 0.2) is 0 Å². The Labute approximate surface area is 102 Å². The van der Waals surface area contributed by atoms with E-state index in [-0.39, 0.29) is 0 Å². The largest absolute Gasteiger partial charge is 0.385 e. The van der Waals surface area contributed by atoms with E-state index in [4.69, 9.17) is 4.74 Å². The molecule has 4 heteroatoms. The number of ether oxygens (including phenoxy) is 1. The molecule has 2 atom stereocenters. The summed E-state index contributed by atoms with van der Waals surface area (Å²) in [6, 6.07) is 0.842. The maximum absolute atomic E-state index is 5.08. The fourth-order valence-corrected chi connectivity index (χ4v) is 2.77. The van der Waals surface area contributed by atoms with Crippen molar-refractivity contribution in [3.05, 3.63) is 15.6 Å². The fraction of sp³-hybridized carbons (Fsp3) is 0.750. The molecule has 0 aliphatic carbocycles. The third kappa shape index (κ3) is 3.85. The van der Waals surface area contributed by atoms with Crippen molar-refractivity contribution >= 4 is 11.3 Å². The normalized spacial score (nSPS) is 15.1. The molecule has 2 unspecified atom stereocenters. The lowest BCUT2D eigenvalue weighted by molar-refractivity contribution is 0.183. The van der Waals surface area contributed by atoms with Gasteiger partial charge in [-0.3, -0.25) is 0 Å². The molecule has 1 aromatic heterocycles. The van der Waals surface area contributed by atoms with Gasteiger partial charge in [0.1, 0.15) is 0 Å². The molecule has 0 aliphatic heterocycles. The van der Waals surface area contributed by atoms with Gasteiger partial charge < -0.3 is 10.1 Å². The van der Waals surface area contributed by atoms with Crippen molar-refractivity contribution in [2.75, 3.05) is 13.7 Å². The molecular formula is C12H22N2OS. The Morgan fingerprint density at radius 3 is 2.56 bits per heavy atom. The second-order valence-electron chi connectivity index (χ2n) is 4.25. The van der Waals surface area contributed by atoms with Crippen LogP contribution in [0.4, 0.5) is 0 Å². The van der Waals surface area contributed by atoms with Crippen LogP contribution in [-0.4, -0.2) is 24.7 Å². The van der Waals surface area contributed by atoms with Crippen LogP contribution in [0, 0.1) is 13.8 Å². The maximum atomic E-state index is 5.08. The smallest absolute Gasteiger partial charge is 0.0900 e. The summed E-state index contributed by atoms with van der Waals surface area (Å²) < 4.78 is 5.08. The molecular weight excluding hydrogens is 220 g/mol. The Bertz CT molecular complexity index is 325. The number of nitrogens with one attached hydrogen (secondary N) is 1. The van der Waals surface area contributed by atoms with Crippen molar-refractivity contribution in [3.63, 3.8) is 0 Å². The number of aryl methyl sites for hydroxylation is 2. The molecule has 1 aromatic rings. The first kappa shape index (κ1) is 13.6. The van der Waals surface area contributed by atoms with Gasteiger partial charge in [0.2, 0.25) is 0 Å². The molecule has 1 heterocycles. The molecule has 0 aliphatic rings. The van der Waals surface area contributed by atoms with E-state index in [2.05, 4.69) is 38.0 Å². The minimum atomic E-state index is 0.373. The molecule has 0 aromatic carbocycles. The third-order valence-corrected chi connectivity index (χ3v) is 3.88. The highest BCUT2D eigenvalue weighted by atomic mass is 32.1. The van der Waals surface area contributed by atoms with Gasteiger partial charge in [0.25, 0.3) is 0 Å². The quantitative estimate of drug-likeness (QED) is 0.833. The Kier molecular flexibility index (Phi) is 5.38. The zero-order valence-electron chi connectivity index (χ0n) is 10.8. The Morgan fingerprint density at radius 1 is 1.38 bits per heavy atom. The van der Waals surface area contributed by atoms with Crippen LogP contribution in [0.1, 0.15) is 41.9 Å². The van der Waals surface area contributed by atoms with E-state index in [1.165, 1.54) is 4.88 Å². The highest BCUT2D eigenvalue weighted by Gasteiger charge is 2.14. The Balaban J connectivity index is 2.51. The molecule has 0 bridgehead atoms. The van der Waals surface area contributed by atoms with Crippen molar-refractivity contribution in [1.82, 2.24) is 10.3 Å². The monoisotopic (exact) mass is 242 g/mol. The molecule has 1 N–H and O–H groups in total. The molecule has 92 valence electrons. The van der Waals surface area contributed by atoms with E-state index in [9.17, 15) is 0 Å². The Morgan fingerprint density at radius 2 is 2.06 bits per heavy atom. The molecule has 0 spiro atoms. The molecule has 0 saturated carbocycles. The van der Waals surface area contributed by atoms with E-state index in [0.29, 0.717) is 12.1 Å². The summed E-state index contributed by atoms with van der Waals surface area (Å²) in [4.78, 5) is 5.80. The number of aromatic nitrogens is 1. The first-order valence-corrected chi connectivity index (χ1v) is 6.55. The average molecular weight is 242 g/mol. The van der Waals surface area contributed by atoms with Crippen LogP contribution in [0.5, 0.6) is 0 Å². The summed E-state index contributed by atoms with van der Waals surface area (Å²) in [6.07, 6.45) is 1.04. The number of rotatable bonds is 6. The zero-order chi connectivity index (χ0) is 12.1. The van der Waals surface area contributed by atoms with Crippen molar-refractivity contribution in [1.29, 1.82) is 0 Å². The highest BCUT2D eigenvalue weighted by molar-refractivity contribution is 7.11. The summed E-state index contributed by atoms with van der Waals surface area (Å²) in [7, 11) is 1.74. The van der Waals surface area contributed by atoms with Crippen LogP contribution in [-0.2, 0) is 4.74 Å². The molecule has 0 amide bonds. The topological polar surface area (TPSA) is 34.1 Å². The van der Waals surface area contributed by atoms with Gasteiger partial charge in [-0.1, -0.05) is 0 Å². The lowest BCUT2D eigenvalue weighted by atomic mass is 10.2. The summed E-state index contributed by atoms with van der Waals surface area (Å²) >= 11 is 1.78. The Hall–Kier alpha value is -0.450. The van der Waals surface area contributed by atoms with Gasteiger partial charge in [-0.25, -0.2) is 4.98 Å². The van der Waals surface area contributed by atoms with Gasteiger partial charge >= 0.3 is 0 Å². The second-order valence-corrected chi connectivity index (χ2v) is 5.49. The second kappa shape index (κ2) is 6.33. The number of hydrogen-bond donors (Lipinski definition) is 1.